The molecular weight excluding hydrogens is 299 g/mol. The Kier molecular flexibility index (Phi) is 5.80. The average Bonchev–Trinajstić information content (AvgIpc) is 2.43. The van der Waals surface area contributed by atoms with Gasteiger partial charge in [-0.05, 0) is 13.3 Å². The van der Waals surface area contributed by atoms with Crippen molar-refractivity contribution in [1.82, 2.24) is 0 Å². The molecule has 0 saturated heterocycles. The topological polar surface area (TPSA) is 43.4 Å². The third kappa shape index (κ3) is 3.77. The van der Waals surface area contributed by atoms with E-state index in [1.807, 2.05) is 0 Å². The molecule has 0 spiro atoms. The lowest BCUT2D eigenvalue weighted by atomic mass is 10.0. The largest absolute Gasteiger partial charge is 0.466 e. The minimum absolute atomic E-state index is 0.128. The minimum Gasteiger partial charge on any atom is -0.466 e. The Morgan fingerprint density at radius 1 is 0.857 bits per heavy atom. The van der Waals surface area contributed by atoms with Gasteiger partial charge in [-0.3, -0.25) is 9.59 Å². The first-order valence-electron chi connectivity index (χ1n) is 6.01. The van der Waals surface area contributed by atoms with Gasteiger partial charge in [0.05, 0.1) is 12.2 Å². The number of carbonyl (C=O) groups excluding carboxylic acids is 2. The first kappa shape index (κ1) is 17.1. The van der Waals surface area contributed by atoms with Crippen molar-refractivity contribution in [3.63, 3.8) is 0 Å². The summed E-state index contributed by atoms with van der Waals surface area (Å²) in [5.41, 5.74) is -1.49. The van der Waals surface area contributed by atoms with Gasteiger partial charge in [0, 0.05) is 12.8 Å². The molecule has 1 rings (SSSR count). The summed E-state index contributed by atoms with van der Waals surface area (Å²) in [5, 5.41) is 0. The predicted molar refractivity (Wildman–Crippen MR) is 61.0 cm³/mol. The normalized spacial score (nSPS) is 10.6. The van der Waals surface area contributed by atoms with E-state index in [0.29, 0.717) is 0 Å². The van der Waals surface area contributed by atoms with Crippen LogP contribution in [0.15, 0.2) is 0 Å². The fourth-order valence-corrected chi connectivity index (χ4v) is 1.60. The van der Waals surface area contributed by atoms with E-state index in [9.17, 15) is 31.5 Å². The molecule has 0 bridgehead atoms. The molecule has 0 heterocycles. The molecule has 0 aliphatic rings. The van der Waals surface area contributed by atoms with Crippen molar-refractivity contribution < 1.29 is 36.3 Å². The maximum absolute atomic E-state index is 13.3. The molecule has 0 unspecified atom stereocenters. The van der Waals surface area contributed by atoms with Crippen LogP contribution in [0.2, 0.25) is 0 Å². The molecule has 0 aromatic heterocycles. The quantitative estimate of drug-likeness (QED) is 0.266. The Morgan fingerprint density at radius 3 is 1.81 bits per heavy atom. The second kappa shape index (κ2) is 7.14. The van der Waals surface area contributed by atoms with Gasteiger partial charge < -0.3 is 4.74 Å². The van der Waals surface area contributed by atoms with Gasteiger partial charge in [0.15, 0.2) is 29.1 Å². The number of benzene rings is 1. The summed E-state index contributed by atoms with van der Waals surface area (Å²) in [6.07, 6.45) is -0.872. The molecule has 8 heteroatoms. The molecule has 0 aliphatic heterocycles. The lowest BCUT2D eigenvalue weighted by Gasteiger charge is -2.07. The number of esters is 1. The van der Waals surface area contributed by atoms with Gasteiger partial charge in [-0.1, -0.05) is 0 Å². The van der Waals surface area contributed by atoms with Crippen molar-refractivity contribution in [2.75, 3.05) is 6.61 Å². The van der Waals surface area contributed by atoms with E-state index in [-0.39, 0.29) is 19.4 Å². The molecule has 0 radical (unpaired) electrons. The smallest absolute Gasteiger partial charge is 0.305 e. The van der Waals surface area contributed by atoms with Crippen molar-refractivity contribution in [3.05, 3.63) is 34.6 Å². The van der Waals surface area contributed by atoms with Crippen LogP contribution in [-0.2, 0) is 9.53 Å². The van der Waals surface area contributed by atoms with E-state index in [2.05, 4.69) is 4.74 Å². The van der Waals surface area contributed by atoms with E-state index < -0.39 is 52.8 Å². The van der Waals surface area contributed by atoms with Crippen LogP contribution < -0.4 is 0 Å². The van der Waals surface area contributed by atoms with Gasteiger partial charge in [0.25, 0.3) is 0 Å². The van der Waals surface area contributed by atoms with Gasteiger partial charge in [0.2, 0.25) is 5.82 Å². The number of halogens is 5. The lowest BCUT2D eigenvalue weighted by molar-refractivity contribution is -0.143. The number of hydrogen-bond acceptors (Lipinski definition) is 3. The molecule has 0 N–H and O–H groups in total. The summed E-state index contributed by atoms with van der Waals surface area (Å²) in [6.45, 7) is 1.70. The second-order valence-corrected chi connectivity index (χ2v) is 4.03. The monoisotopic (exact) mass is 310 g/mol. The number of ketones is 1. The summed E-state index contributed by atoms with van der Waals surface area (Å²) in [6, 6.07) is 0. The Labute approximate surface area is 116 Å². The van der Waals surface area contributed by atoms with Crippen LogP contribution >= 0.6 is 0 Å². The summed E-state index contributed by atoms with van der Waals surface area (Å²) >= 11 is 0. The Hall–Kier alpha value is -1.99. The van der Waals surface area contributed by atoms with E-state index in [4.69, 9.17) is 0 Å². The van der Waals surface area contributed by atoms with Crippen LogP contribution in [-0.4, -0.2) is 18.4 Å². The fraction of sp³-hybridized carbons (Fsp3) is 0.385. The number of Topliss-reactive ketones (excluding diaryl/α,β-unsaturated/α-hetero) is 1. The van der Waals surface area contributed by atoms with E-state index >= 15 is 0 Å². The molecule has 0 fully saturated rings. The van der Waals surface area contributed by atoms with Gasteiger partial charge in [-0.2, -0.15) is 0 Å². The zero-order valence-electron chi connectivity index (χ0n) is 10.9. The Bertz CT molecular complexity index is 542. The molecule has 21 heavy (non-hydrogen) atoms. The lowest BCUT2D eigenvalue weighted by Crippen LogP contribution is -2.13. The molecule has 116 valence electrons. The van der Waals surface area contributed by atoms with E-state index in [0.717, 1.165) is 0 Å². The van der Waals surface area contributed by atoms with E-state index in [1.165, 1.54) is 0 Å². The maximum atomic E-state index is 13.3. The van der Waals surface area contributed by atoms with Gasteiger partial charge in [-0.15, -0.1) is 0 Å². The number of carbonyl (C=O) groups is 2. The summed E-state index contributed by atoms with van der Waals surface area (Å²) in [4.78, 5) is 22.6. The third-order valence-electron chi connectivity index (χ3n) is 2.58. The zero-order valence-corrected chi connectivity index (χ0v) is 10.9. The summed E-state index contributed by atoms with van der Waals surface area (Å²) in [7, 11) is 0. The zero-order chi connectivity index (χ0) is 16.2. The van der Waals surface area contributed by atoms with Crippen LogP contribution in [0.3, 0.4) is 0 Å². The van der Waals surface area contributed by atoms with Crippen LogP contribution in [0.4, 0.5) is 22.0 Å². The number of ether oxygens (including phenoxy) is 1. The van der Waals surface area contributed by atoms with Crippen LogP contribution in [0.5, 0.6) is 0 Å². The highest BCUT2D eigenvalue weighted by Gasteiger charge is 2.29. The average molecular weight is 310 g/mol. The van der Waals surface area contributed by atoms with Crippen LogP contribution in [0.25, 0.3) is 0 Å². The second-order valence-electron chi connectivity index (χ2n) is 4.03. The molecule has 3 nitrogen and oxygen atoms in total. The van der Waals surface area contributed by atoms with Gasteiger partial charge in [0.1, 0.15) is 0 Å². The van der Waals surface area contributed by atoms with Gasteiger partial charge >= 0.3 is 5.97 Å². The number of rotatable bonds is 6. The summed E-state index contributed by atoms with van der Waals surface area (Å²) < 4.78 is 69.9. The molecule has 1 aromatic carbocycles. The SMILES string of the molecule is CCOC(=O)CCCC(=O)c1c(F)c(F)c(F)c(F)c1F. The Balaban J connectivity index is 2.87. The van der Waals surface area contributed by atoms with Crippen molar-refractivity contribution in [2.24, 2.45) is 0 Å². The third-order valence-corrected chi connectivity index (χ3v) is 2.58. The predicted octanol–water partition coefficient (Wildman–Crippen LogP) is 3.30. The first-order chi connectivity index (χ1) is 9.81. The van der Waals surface area contributed by atoms with Crippen LogP contribution in [0.1, 0.15) is 36.5 Å². The molecule has 1 aromatic rings. The highest BCUT2D eigenvalue weighted by Crippen LogP contribution is 2.24. The fourth-order valence-electron chi connectivity index (χ4n) is 1.60. The maximum Gasteiger partial charge on any atom is 0.305 e. The van der Waals surface area contributed by atoms with Crippen molar-refractivity contribution in [3.8, 4) is 0 Å². The standard InChI is InChI=1S/C13H11F5O3/c1-2-21-7(20)5-3-4-6(19)8-9(14)11(16)13(18)12(17)10(8)15/h2-5H2,1H3. The molecule has 0 atom stereocenters. The van der Waals surface area contributed by atoms with Crippen molar-refractivity contribution >= 4 is 11.8 Å². The van der Waals surface area contributed by atoms with E-state index in [1.54, 1.807) is 6.92 Å². The molecule has 0 aliphatic carbocycles. The Morgan fingerprint density at radius 2 is 1.33 bits per heavy atom. The first-order valence-corrected chi connectivity index (χ1v) is 6.01. The molecule has 0 amide bonds. The highest BCUT2D eigenvalue weighted by molar-refractivity contribution is 5.96. The van der Waals surface area contributed by atoms with Crippen molar-refractivity contribution in [1.29, 1.82) is 0 Å². The van der Waals surface area contributed by atoms with Crippen molar-refractivity contribution in [2.45, 2.75) is 26.2 Å². The highest BCUT2D eigenvalue weighted by atomic mass is 19.2. The molecule has 0 saturated carbocycles. The summed E-state index contributed by atoms with van der Waals surface area (Å²) in [5.74, 6) is -12.9. The minimum atomic E-state index is -2.33. The van der Waals surface area contributed by atoms with Crippen LogP contribution in [0, 0.1) is 29.1 Å². The van der Waals surface area contributed by atoms with Gasteiger partial charge in [-0.25, -0.2) is 22.0 Å². The number of hydrogen-bond donors (Lipinski definition) is 0. The molecular formula is C13H11F5O3.